The van der Waals surface area contributed by atoms with Crippen LogP contribution in [-0.4, -0.2) is 12.6 Å². The summed E-state index contributed by atoms with van der Waals surface area (Å²) in [4.78, 5) is 11.4. The summed E-state index contributed by atoms with van der Waals surface area (Å²) in [7, 11) is 0. The summed E-state index contributed by atoms with van der Waals surface area (Å²) in [5.74, 6) is -16.0. The zero-order chi connectivity index (χ0) is 18.2. The van der Waals surface area contributed by atoms with E-state index in [1.54, 1.807) is 0 Å². The van der Waals surface area contributed by atoms with Crippen LogP contribution in [0.5, 0.6) is 0 Å². The van der Waals surface area contributed by atoms with Gasteiger partial charge in [-0.3, -0.25) is 0 Å². The third-order valence-electron chi connectivity index (χ3n) is 3.02. The maximum atomic E-state index is 13.9. The lowest BCUT2D eigenvalue weighted by atomic mass is 10.0. The minimum Gasteiger partial charge on any atom is -0.462 e. The Kier molecular flexibility index (Phi) is 4.81. The molecule has 0 saturated heterocycles. The average Bonchev–Trinajstić information content (AvgIpc) is 2.51. The highest BCUT2D eigenvalue weighted by atomic mass is 19.2. The number of benzene rings is 2. The normalized spacial score (nSPS) is 10.8. The lowest BCUT2D eigenvalue weighted by molar-refractivity contribution is 0.0515. The predicted molar refractivity (Wildman–Crippen MR) is 67.5 cm³/mol. The summed E-state index contributed by atoms with van der Waals surface area (Å²) in [6.07, 6.45) is 0. The first kappa shape index (κ1) is 17.8. The van der Waals surface area contributed by atoms with E-state index in [1.165, 1.54) is 6.92 Å². The van der Waals surface area contributed by atoms with Gasteiger partial charge in [0.15, 0.2) is 23.3 Å². The van der Waals surface area contributed by atoms with E-state index in [4.69, 9.17) is 0 Å². The van der Waals surface area contributed by atoms with E-state index in [1.807, 2.05) is 0 Å². The van der Waals surface area contributed by atoms with Crippen molar-refractivity contribution in [3.8, 4) is 11.1 Å². The van der Waals surface area contributed by atoms with Crippen molar-refractivity contribution >= 4 is 5.97 Å². The zero-order valence-corrected chi connectivity index (χ0v) is 11.8. The molecule has 0 bridgehead atoms. The van der Waals surface area contributed by atoms with Gasteiger partial charge in [-0.1, -0.05) is 0 Å². The molecule has 2 nitrogen and oxygen atoms in total. The summed E-state index contributed by atoms with van der Waals surface area (Å²) >= 11 is 0. The van der Waals surface area contributed by atoms with Crippen LogP contribution in [0, 0.1) is 40.7 Å². The molecule has 0 amide bonds. The lowest BCUT2D eigenvalue weighted by Gasteiger charge is -2.11. The molecule has 24 heavy (non-hydrogen) atoms. The first-order valence-corrected chi connectivity index (χ1v) is 6.38. The quantitative estimate of drug-likeness (QED) is 0.352. The first-order valence-electron chi connectivity index (χ1n) is 6.38. The molecule has 9 heteroatoms. The molecule has 0 N–H and O–H groups in total. The van der Waals surface area contributed by atoms with Gasteiger partial charge < -0.3 is 4.74 Å². The number of ether oxygens (including phenoxy) is 1. The minimum absolute atomic E-state index is 0.197. The van der Waals surface area contributed by atoms with Gasteiger partial charge in [0.2, 0.25) is 5.82 Å². The maximum absolute atomic E-state index is 13.9. The largest absolute Gasteiger partial charge is 0.462 e. The number of rotatable bonds is 3. The fourth-order valence-corrected chi connectivity index (χ4v) is 1.97. The van der Waals surface area contributed by atoms with E-state index in [-0.39, 0.29) is 18.7 Å². The van der Waals surface area contributed by atoms with Gasteiger partial charge in [-0.25, -0.2) is 35.5 Å². The van der Waals surface area contributed by atoms with E-state index in [0.717, 1.165) is 0 Å². The van der Waals surface area contributed by atoms with Gasteiger partial charge in [0.05, 0.1) is 12.2 Å². The number of halogens is 7. The van der Waals surface area contributed by atoms with Crippen LogP contribution in [-0.2, 0) is 4.74 Å². The molecule has 0 aliphatic rings. The van der Waals surface area contributed by atoms with Crippen molar-refractivity contribution in [3.63, 3.8) is 0 Å². The third kappa shape index (κ3) is 2.81. The molecule has 2 aromatic carbocycles. The third-order valence-corrected chi connectivity index (χ3v) is 3.02. The average molecular weight is 352 g/mol. The molecule has 0 unspecified atom stereocenters. The van der Waals surface area contributed by atoms with Crippen LogP contribution in [0.2, 0.25) is 0 Å². The molecule has 2 aromatic rings. The van der Waals surface area contributed by atoms with Crippen molar-refractivity contribution in [2.75, 3.05) is 6.61 Å². The van der Waals surface area contributed by atoms with Crippen molar-refractivity contribution in [1.82, 2.24) is 0 Å². The fourth-order valence-electron chi connectivity index (χ4n) is 1.97. The fraction of sp³-hybridized carbons (Fsp3) is 0.133. The standard InChI is InChI=1S/C15H7F7O2/c1-2-24-15(23)9-6(16)3-5(4-7(9)17)8-10(18)12(20)14(22)13(21)11(8)19/h3-4H,2H2,1H3. The van der Waals surface area contributed by atoms with Crippen LogP contribution in [0.3, 0.4) is 0 Å². The van der Waals surface area contributed by atoms with Crippen LogP contribution in [0.15, 0.2) is 12.1 Å². The van der Waals surface area contributed by atoms with E-state index >= 15 is 0 Å². The predicted octanol–water partition coefficient (Wildman–Crippen LogP) is 4.50. The summed E-state index contributed by atoms with van der Waals surface area (Å²) in [5, 5.41) is 0. The van der Waals surface area contributed by atoms with Crippen molar-refractivity contribution in [2.45, 2.75) is 6.92 Å². The molecular formula is C15H7F7O2. The second kappa shape index (κ2) is 6.50. The molecule has 2 rings (SSSR count). The van der Waals surface area contributed by atoms with Crippen molar-refractivity contribution in [1.29, 1.82) is 0 Å². The molecule has 0 fully saturated rings. The van der Waals surface area contributed by atoms with Crippen LogP contribution in [0.25, 0.3) is 11.1 Å². The van der Waals surface area contributed by atoms with Crippen LogP contribution < -0.4 is 0 Å². The van der Waals surface area contributed by atoms with Crippen molar-refractivity contribution in [3.05, 3.63) is 58.4 Å². The summed E-state index contributed by atoms with van der Waals surface area (Å²) < 4.78 is 98.8. The van der Waals surface area contributed by atoms with Gasteiger partial charge in [0, 0.05) is 0 Å². The highest BCUT2D eigenvalue weighted by molar-refractivity contribution is 5.90. The molecule has 0 aliphatic carbocycles. The van der Waals surface area contributed by atoms with E-state index < -0.39 is 63.4 Å². The number of carbonyl (C=O) groups excluding carboxylic acids is 1. The Balaban J connectivity index is 2.71. The summed E-state index contributed by atoms with van der Waals surface area (Å²) in [6, 6.07) is 0.543. The molecule has 0 aliphatic heterocycles. The molecular weight excluding hydrogens is 345 g/mol. The number of hydrogen-bond acceptors (Lipinski definition) is 2. The molecule has 0 radical (unpaired) electrons. The van der Waals surface area contributed by atoms with Gasteiger partial charge >= 0.3 is 5.97 Å². The molecule has 0 spiro atoms. The molecule has 128 valence electrons. The Morgan fingerprint density at radius 3 is 1.67 bits per heavy atom. The van der Waals surface area contributed by atoms with Crippen LogP contribution >= 0.6 is 0 Å². The Morgan fingerprint density at radius 1 is 0.833 bits per heavy atom. The second-order valence-corrected chi connectivity index (χ2v) is 4.48. The molecule has 0 saturated carbocycles. The SMILES string of the molecule is CCOC(=O)c1c(F)cc(-c2c(F)c(F)c(F)c(F)c2F)cc1F. The van der Waals surface area contributed by atoms with Gasteiger partial charge in [-0.2, -0.15) is 0 Å². The topological polar surface area (TPSA) is 26.3 Å². The van der Waals surface area contributed by atoms with Gasteiger partial charge in [-0.15, -0.1) is 0 Å². The molecule has 0 aromatic heterocycles. The van der Waals surface area contributed by atoms with E-state index in [2.05, 4.69) is 4.74 Å². The highest BCUT2D eigenvalue weighted by Crippen LogP contribution is 2.33. The monoisotopic (exact) mass is 352 g/mol. The van der Waals surface area contributed by atoms with Crippen LogP contribution in [0.1, 0.15) is 17.3 Å². The number of carbonyl (C=O) groups is 1. The minimum atomic E-state index is -2.40. The zero-order valence-electron chi connectivity index (χ0n) is 11.8. The highest BCUT2D eigenvalue weighted by Gasteiger charge is 2.28. The summed E-state index contributed by atoms with van der Waals surface area (Å²) in [6.45, 7) is 1.17. The second-order valence-electron chi connectivity index (χ2n) is 4.48. The number of hydrogen-bond donors (Lipinski definition) is 0. The Labute approximate surface area is 130 Å². The Hall–Kier alpha value is -2.58. The number of esters is 1. The van der Waals surface area contributed by atoms with E-state index in [0.29, 0.717) is 0 Å². The van der Waals surface area contributed by atoms with Gasteiger partial charge in [-0.05, 0) is 24.6 Å². The Bertz CT molecular complexity index is 781. The maximum Gasteiger partial charge on any atom is 0.344 e. The Morgan fingerprint density at radius 2 is 1.25 bits per heavy atom. The van der Waals surface area contributed by atoms with Gasteiger partial charge in [0.1, 0.15) is 17.2 Å². The van der Waals surface area contributed by atoms with E-state index in [9.17, 15) is 35.5 Å². The van der Waals surface area contributed by atoms with Crippen molar-refractivity contribution in [2.24, 2.45) is 0 Å². The molecule has 0 heterocycles. The first-order chi connectivity index (χ1) is 11.2. The summed E-state index contributed by atoms with van der Waals surface area (Å²) in [5.41, 5.74) is -3.63. The smallest absolute Gasteiger partial charge is 0.344 e. The molecule has 0 atom stereocenters. The van der Waals surface area contributed by atoms with Crippen LogP contribution in [0.4, 0.5) is 30.7 Å². The van der Waals surface area contributed by atoms with Crippen molar-refractivity contribution < 1.29 is 40.3 Å². The lowest BCUT2D eigenvalue weighted by Crippen LogP contribution is -2.11. The van der Waals surface area contributed by atoms with Gasteiger partial charge in [0.25, 0.3) is 0 Å².